The predicted octanol–water partition coefficient (Wildman–Crippen LogP) is 2.12. The molecule has 0 radical (unpaired) electrons. The molecule has 1 aliphatic carbocycles. The maximum Gasteiger partial charge on any atom is 0.115 e. The van der Waals surface area contributed by atoms with Crippen molar-refractivity contribution in [1.82, 2.24) is 9.97 Å². The van der Waals surface area contributed by atoms with Crippen molar-refractivity contribution in [3.05, 3.63) is 22.7 Å². The molecule has 0 N–H and O–H groups in total. The van der Waals surface area contributed by atoms with Crippen LogP contribution in [0, 0.1) is 0 Å². The lowest BCUT2D eigenvalue weighted by atomic mass is 10.3. The van der Waals surface area contributed by atoms with Gasteiger partial charge in [-0.25, -0.2) is 9.97 Å². The van der Waals surface area contributed by atoms with E-state index in [0.29, 0.717) is 5.92 Å². The quantitative estimate of drug-likeness (QED) is 0.692. The number of halogens is 1. The molecule has 0 bridgehead atoms. The van der Waals surface area contributed by atoms with E-state index in [-0.39, 0.29) is 0 Å². The molecule has 10 heavy (non-hydrogen) atoms. The fraction of sp³-hybridized carbons (Fsp3) is 0.429. The first-order valence-electron chi connectivity index (χ1n) is 3.33. The topological polar surface area (TPSA) is 25.8 Å². The van der Waals surface area contributed by atoms with Crippen molar-refractivity contribution in [2.75, 3.05) is 0 Å². The highest BCUT2D eigenvalue weighted by atomic mass is 79.9. The Balaban J connectivity index is 2.39. The molecule has 52 valence electrons. The molecule has 0 aliphatic heterocycles. The fourth-order valence-electron chi connectivity index (χ4n) is 0.979. The van der Waals surface area contributed by atoms with Gasteiger partial charge in [0.1, 0.15) is 6.33 Å². The maximum atomic E-state index is 4.18. The highest BCUT2D eigenvalue weighted by molar-refractivity contribution is 9.10. The maximum absolute atomic E-state index is 4.18. The summed E-state index contributed by atoms with van der Waals surface area (Å²) >= 11 is 3.41. The molecule has 1 aromatic heterocycles. The molecule has 1 saturated carbocycles. The largest absolute Gasteiger partial charge is 0.244 e. The van der Waals surface area contributed by atoms with Gasteiger partial charge in [0.05, 0.1) is 10.2 Å². The van der Waals surface area contributed by atoms with E-state index in [1.807, 2.05) is 0 Å². The second-order valence-electron chi connectivity index (χ2n) is 2.53. The number of nitrogens with zero attached hydrogens (tertiary/aromatic N) is 2. The standard InChI is InChI=1S/C7H7BrN2/c8-6-3-9-4-10-7(6)5-1-2-5/h3-5H,1-2H2. The van der Waals surface area contributed by atoms with Crippen LogP contribution < -0.4 is 0 Å². The van der Waals surface area contributed by atoms with Crippen LogP contribution in [0.25, 0.3) is 0 Å². The van der Waals surface area contributed by atoms with Gasteiger partial charge in [-0.1, -0.05) is 0 Å². The number of rotatable bonds is 1. The van der Waals surface area contributed by atoms with Crippen LogP contribution in [-0.2, 0) is 0 Å². The van der Waals surface area contributed by atoms with Crippen LogP contribution in [0.15, 0.2) is 17.0 Å². The van der Waals surface area contributed by atoms with E-state index >= 15 is 0 Å². The molecule has 0 atom stereocenters. The Labute approximate surface area is 67.8 Å². The summed E-state index contributed by atoms with van der Waals surface area (Å²) < 4.78 is 1.05. The van der Waals surface area contributed by atoms with Crippen molar-refractivity contribution < 1.29 is 0 Å². The third-order valence-corrected chi connectivity index (χ3v) is 2.27. The zero-order chi connectivity index (χ0) is 6.97. The molecule has 0 saturated heterocycles. The van der Waals surface area contributed by atoms with Crippen molar-refractivity contribution in [2.24, 2.45) is 0 Å². The van der Waals surface area contributed by atoms with Crippen molar-refractivity contribution >= 4 is 15.9 Å². The Morgan fingerprint density at radius 3 is 2.90 bits per heavy atom. The number of hydrogen-bond donors (Lipinski definition) is 0. The van der Waals surface area contributed by atoms with Gasteiger partial charge in [-0.15, -0.1) is 0 Å². The van der Waals surface area contributed by atoms with Gasteiger partial charge in [0.2, 0.25) is 0 Å². The van der Waals surface area contributed by atoms with E-state index in [0.717, 1.165) is 4.47 Å². The van der Waals surface area contributed by atoms with Crippen molar-refractivity contribution in [3.8, 4) is 0 Å². The summed E-state index contributed by atoms with van der Waals surface area (Å²) in [6, 6.07) is 0. The molecular formula is C7H7BrN2. The minimum absolute atomic E-state index is 0.706. The van der Waals surface area contributed by atoms with Crippen molar-refractivity contribution in [3.63, 3.8) is 0 Å². The molecule has 3 heteroatoms. The van der Waals surface area contributed by atoms with E-state index in [1.165, 1.54) is 18.5 Å². The predicted molar refractivity (Wildman–Crippen MR) is 41.7 cm³/mol. The van der Waals surface area contributed by atoms with E-state index < -0.39 is 0 Å². The first-order chi connectivity index (χ1) is 4.88. The van der Waals surface area contributed by atoms with Gasteiger partial charge in [-0.3, -0.25) is 0 Å². The Morgan fingerprint density at radius 2 is 2.30 bits per heavy atom. The molecule has 1 aliphatic rings. The molecule has 0 unspecified atom stereocenters. The van der Waals surface area contributed by atoms with E-state index in [2.05, 4.69) is 25.9 Å². The lowest BCUT2D eigenvalue weighted by Gasteiger charge is -1.96. The first-order valence-corrected chi connectivity index (χ1v) is 4.12. The van der Waals surface area contributed by atoms with Crippen LogP contribution in [0.5, 0.6) is 0 Å². The van der Waals surface area contributed by atoms with Gasteiger partial charge in [0.15, 0.2) is 0 Å². The smallest absolute Gasteiger partial charge is 0.115 e. The number of aromatic nitrogens is 2. The minimum atomic E-state index is 0.706. The summed E-state index contributed by atoms with van der Waals surface area (Å²) in [6.07, 6.45) is 5.99. The van der Waals surface area contributed by atoms with Crippen LogP contribution in [0.3, 0.4) is 0 Å². The van der Waals surface area contributed by atoms with Gasteiger partial charge in [0.25, 0.3) is 0 Å². The van der Waals surface area contributed by atoms with E-state index in [4.69, 9.17) is 0 Å². The van der Waals surface area contributed by atoms with Crippen molar-refractivity contribution in [1.29, 1.82) is 0 Å². The molecule has 0 amide bonds. The van der Waals surface area contributed by atoms with Crippen LogP contribution >= 0.6 is 15.9 Å². The Hall–Kier alpha value is -0.440. The van der Waals surface area contributed by atoms with Gasteiger partial charge < -0.3 is 0 Å². The molecule has 2 rings (SSSR count). The lowest BCUT2D eigenvalue weighted by molar-refractivity contribution is 0.972. The Kier molecular flexibility index (Phi) is 1.45. The summed E-state index contributed by atoms with van der Waals surface area (Å²) in [5.74, 6) is 0.706. The summed E-state index contributed by atoms with van der Waals surface area (Å²) in [4.78, 5) is 8.08. The summed E-state index contributed by atoms with van der Waals surface area (Å²) in [5.41, 5.74) is 1.18. The highest BCUT2D eigenvalue weighted by Crippen LogP contribution is 2.41. The zero-order valence-electron chi connectivity index (χ0n) is 5.42. The fourth-order valence-corrected chi connectivity index (χ4v) is 1.52. The van der Waals surface area contributed by atoms with Gasteiger partial charge in [0, 0.05) is 12.1 Å². The van der Waals surface area contributed by atoms with Gasteiger partial charge in [-0.2, -0.15) is 0 Å². The van der Waals surface area contributed by atoms with Gasteiger partial charge in [-0.05, 0) is 28.8 Å². The van der Waals surface area contributed by atoms with Crippen LogP contribution in [-0.4, -0.2) is 9.97 Å². The van der Waals surface area contributed by atoms with Crippen LogP contribution in [0.2, 0.25) is 0 Å². The Bertz CT molecular complexity index is 245. The molecular weight excluding hydrogens is 192 g/mol. The first kappa shape index (κ1) is 6.28. The molecule has 0 aromatic carbocycles. The zero-order valence-corrected chi connectivity index (χ0v) is 7.00. The summed E-state index contributed by atoms with van der Waals surface area (Å²) in [6.45, 7) is 0. The lowest BCUT2D eigenvalue weighted by Crippen LogP contribution is -1.87. The summed E-state index contributed by atoms with van der Waals surface area (Å²) in [7, 11) is 0. The second-order valence-corrected chi connectivity index (χ2v) is 3.38. The molecule has 1 aromatic rings. The molecule has 1 fully saturated rings. The average molecular weight is 199 g/mol. The third kappa shape index (κ3) is 1.06. The van der Waals surface area contributed by atoms with Crippen molar-refractivity contribution in [2.45, 2.75) is 18.8 Å². The number of hydrogen-bond acceptors (Lipinski definition) is 2. The third-order valence-electron chi connectivity index (χ3n) is 1.66. The van der Waals surface area contributed by atoms with E-state index in [1.54, 1.807) is 12.5 Å². The molecule has 2 nitrogen and oxygen atoms in total. The Morgan fingerprint density at radius 1 is 1.50 bits per heavy atom. The molecule has 1 heterocycles. The monoisotopic (exact) mass is 198 g/mol. The van der Waals surface area contributed by atoms with E-state index in [9.17, 15) is 0 Å². The van der Waals surface area contributed by atoms with Crippen LogP contribution in [0.1, 0.15) is 24.5 Å². The normalized spacial score (nSPS) is 17.3. The molecule has 0 spiro atoms. The second kappa shape index (κ2) is 2.31. The average Bonchev–Trinajstić information content (AvgIpc) is 2.71. The minimum Gasteiger partial charge on any atom is -0.244 e. The SMILES string of the molecule is Brc1cncnc1C1CC1. The highest BCUT2D eigenvalue weighted by Gasteiger charge is 2.26. The summed E-state index contributed by atoms with van der Waals surface area (Å²) in [5, 5.41) is 0. The van der Waals surface area contributed by atoms with Crippen LogP contribution in [0.4, 0.5) is 0 Å². The van der Waals surface area contributed by atoms with Gasteiger partial charge >= 0.3 is 0 Å².